The highest BCUT2D eigenvalue weighted by Crippen LogP contribution is 2.20. The van der Waals surface area contributed by atoms with Crippen molar-refractivity contribution in [2.45, 2.75) is 18.9 Å². The summed E-state index contributed by atoms with van der Waals surface area (Å²) < 4.78 is 0. The largest absolute Gasteiger partial charge is 0.298 e. The zero-order valence-corrected chi connectivity index (χ0v) is 7.33. The van der Waals surface area contributed by atoms with E-state index in [1.165, 1.54) is 19.4 Å². The summed E-state index contributed by atoms with van der Waals surface area (Å²) in [5, 5.41) is 0. The minimum absolute atomic E-state index is 0.504. The standard InChI is InChI=1S/C9H15N2O/c12-7-6-10-4-5-11-3-1-2-9(11)8-10/h9H,1-6,8H2. The number of nitrogens with zero attached hydrogens (tertiary/aromatic N) is 2. The van der Waals surface area contributed by atoms with Gasteiger partial charge in [-0.25, -0.2) is 0 Å². The lowest BCUT2D eigenvalue weighted by molar-refractivity contribution is 0.116. The first kappa shape index (κ1) is 8.20. The molecule has 1 atom stereocenters. The van der Waals surface area contributed by atoms with Gasteiger partial charge < -0.3 is 0 Å². The quantitative estimate of drug-likeness (QED) is 0.572. The van der Waals surface area contributed by atoms with Gasteiger partial charge in [0.15, 0.2) is 0 Å². The summed E-state index contributed by atoms with van der Waals surface area (Å²) in [6.45, 7) is 5.04. The molecule has 2 aliphatic rings. The molecule has 0 aromatic rings. The van der Waals surface area contributed by atoms with Gasteiger partial charge in [0.2, 0.25) is 6.29 Å². The van der Waals surface area contributed by atoms with Crippen molar-refractivity contribution in [1.29, 1.82) is 0 Å². The number of fused-ring (bicyclic) bond motifs is 1. The van der Waals surface area contributed by atoms with E-state index in [0.717, 1.165) is 25.7 Å². The maximum atomic E-state index is 10.2. The van der Waals surface area contributed by atoms with Gasteiger partial charge in [-0.05, 0) is 19.4 Å². The number of carbonyl (C=O) groups excluding carboxylic acids is 1. The number of hydrogen-bond acceptors (Lipinski definition) is 3. The molecule has 12 heavy (non-hydrogen) atoms. The van der Waals surface area contributed by atoms with Gasteiger partial charge in [-0.3, -0.25) is 14.6 Å². The highest BCUT2D eigenvalue weighted by molar-refractivity contribution is 5.53. The number of piperazine rings is 1. The molecule has 0 aromatic heterocycles. The molecule has 0 saturated carbocycles. The summed E-state index contributed by atoms with van der Waals surface area (Å²) in [4.78, 5) is 14.9. The van der Waals surface area contributed by atoms with E-state index >= 15 is 0 Å². The van der Waals surface area contributed by atoms with Crippen LogP contribution in [0.3, 0.4) is 0 Å². The minimum atomic E-state index is 0.504. The van der Waals surface area contributed by atoms with Crippen molar-refractivity contribution in [3.05, 3.63) is 0 Å². The molecular formula is C9H15N2O. The fraction of sp³-hybridized carbons (Fsp3) is 0.889. The number of rotatable bonds is 2. The van der Waals surface area contributed by atoms with E-state index in [2.05, 4.69) is 9.80 Å². The van der Waals surface area contributed by atoms with E-state index in [0.29, 0.717) is 6.54 Å². The van der Waals surface area contributed by atoms with Crippen molar-refractivity contribution < 1.29 is 4.79 Å². The van der Waals surface area contributed by atoms with Crippen LogP contribution in [0.15, 0.2) is 0 Å². The molecule has 1 radical (unpaired) electrons. The predicted octanol–water partition coefficient (Wildman–Crippen LogP) is -0.124. The molecule has 3 nitrogen and oxygen atoms in total. The van der Waals surface area contributed by atoms with Crippen molar-refractivity contribution in [3.63, 3.8) is 0 Å². The van der Waals surface area contributed by atoms with Crippen molar-refractivity contribution in [3.8, 4) is 0 Å². The van der Waals surface area contributed by atoms with E-state index in [1.807, 2.05) is 6.29 Å². The van der Waals surface area contributed by atoms with Crippen molar-refractivity contribution >= 4 is 6.29 Å². The third kappa shape index (κ3) is 1.52. The summed E-state index contributed by atoms with van der Waals surface area (Å²) in [6.07, 6.45) is 4.63. The Hall–Kier alpha value is -0.410. The Balaban J connectivity index is 1.87. The predicted molar refractivity (Wildman–Crippen MR) is 46.7 cm³/mol. The normalized spacial score (nSPS) is 31.8. The lowest BCUT2D eigenvalue weighted by Crippen LogP contribution is -2.50. The lowest BCUT2D eigenvalue weighted by atomic mass is 10.1. The monoisotopic (exact) mass is 167 g/mol. The average molecular weight is 167 g/mol. The summed E-state index contributed by atoms with van der Waals surface area (Å²) in [7, 11) is 0. The Morgan fingerprint density at radius 2 is 2.25 bits per heavy atom. The molecule has 0 aromatic carbocycles. The van der Waals surface area contributed by atoms with Gasteiger partial charge in [0.05, 0.1) is 6.54 Å². The molecule has 1 unspecified atom stereocenters. The van der Waals surface area contributed by atoms with Crippen molar-refractivity contribution in [2.24, 2.45) is 0 Å². The van der Waals surface area contributed by atoms with E-state index in [4.69, 9.17) is 0 Å². The van der Waals surface area contributed by atoms with Gasteiger partial charge in [-0.15, -0.1) is 0 Å². The first-order valence-electron chi connectivity index (χ1n) is 4.71. The maximum Gasteiger partial charge on any atom is 0.213 e. The van der Waals surface area contributed by atoms with Gasteiger partial charge in [0.1, 0.15) is 0 Å². The first-order valence-corrected chi connectivity index (χ1v) is 4.71. The zero-order valence-electron chi connectivity index (χ0n) is 7.33. The van der Waals surface area contributed by atoms with Crippen LogP contribution in [0.2, 0.25) is 0 Å². The summed E-state index contributed by atoms with van der Waals surface area (Å²) in [6, 6.07) is 0.729. The second kappa shape index (κ2) is 3.54. The fourth-order valence-corrected chi connectivity index (χ4v) is 2.29. The molecule has 0 N–H and O–H groups in total. The molecule has 0 bridgehead atoms. The fourth-order valence-electron chi connectivity index (χ4n) is 2.29. The Morgan fingerprint density at radius 3 is 3.08 bits per heavy atom. The van der Waals surface area contributed by atoms with Gasteiger partial charge in [0.25, 0.3) is 0 Å². The second-order valence-electron chi connectivity index (χ2n) is 3.71. The third-order valence-electron chi connectivity index (χ3n) is 2.96. The SMILES string of the molecule is O=[C]CN1CCN2CCCC2C1. The minimum Gasteiger partial charge on any atom is -0.298 e. The molecule has 2 aliphatic heterocycles. The molecule has 3 heteroatoms. The summed E-state index contributed by atoms with van der Waals surface area (Å²) >= 11 is 0. The molecule has 2 fully saturated rings. The zero-order chi connectivity index (χ0) is 8.39. The Kier molecular flexibility index (Phi) is 2.42. The summed E-state index contributed by atoms with van der Waals surface area (Å²) in [5.74, 6) is 0. The van der Waals surface area contributed by atoms with Crippen LogP contribution < -0.4 is 0 Å². The Morgan fingerprint density at radius 1 is 1.33 bits per heavy atom. The highest BCUT2D eigenvalue weighted by Gasteiger charge is 2.29. The van der Waals surface area contributed by atoms with Crippen LogP contribution in [-0.2, 0) is 4.79 Å². The molecular weight excluding hydrogens is 152 g/mol. The lowest BCUT2D eigenvalue weighted by Gasteiger charge is -2.36. The van der Waals surface area contributed by atoms with Crippen LogP contribution in [0.25, 0.3) is 0 Å². The topological polar surface area (TPSA) is 23.6 Å². The average Bonchev–Trinajstić information content (AvgIpc) is 2.51. The molecule has 2 heterocycles. The van der Waals surface area contributed by atoms with Gasteiger partial charge >= 0.3 is 0 Å². The molecule has 0 aliphatic carbocycles. The van der Waals surface area contributed by atoms with Crippen LogP contribution >= 0.6 is 0 Å². The van der Waals surface area contributed by atoms with Gasteiger partial charge in [0, 0.05) is 25.7 Å². The third-order valence-corrected chi connectivity index (χ3v) is 2.96. The van der Waals surface area contributed by atoms with Crippen molar-refractivity contribution in [2.75, 3.05) is 32.7 Å². The maximum absolute atomic E-state index is 10.2. The highest BCUT2D eigenvalue weighted by atomic mass is 16.1. The van der Waals surface area contributed by atoms with Crippen molar-refractivity contribution in [1.82, 2.24) is 9.80 Å². The number of hydrogen-bond donors (Lipinski definition) is 0. The Bertz CT molecular complexity index is 172. The van der Waals surface area contributed by atoms with Crippen LogP contribution in [0.4, 0.5) is 0 Å². The van der Waals surface area contributed by atoms with Crippen LogP contribution in [0.5, 0.6) is 0 Å². The van der Waals surface area contributed by atoms with E-state index < -0.39 is 0 Å². The smallest absolute Gasteiger partial charge is 0.213 e. The summed E-state index contributed by atoms with van der Waals surface area (Å²) in [5.41, 5.74) is 0. The van der Waals surface area contributed by atoms with Crippen LogP contribution in [-0.4, -0.2) is 54.9 Å². The molecule has 2 saturated heterocycles. The Labute approximate surface area is 73.3 Å². The van der Waals surface area contributed by atoms with Gasteiger partial charge in [-0.1, -0.05) is 0 Å². The van der Waals surface area contributed by atoms with Crippen LogP contribution in [0, 0.1) is 0 Å². The van der Waals surface area contributed by atoms with E-state index in [9.17, 15) is 4.79 Å². The van der Waals surface area contributed by atoms with Gasteiger partial charge in [-0.2, -0.15) is 0 Å². The first-order chi connectivity index (χ1) is 5.90. The van der Waals surface area contributed by atoms with E-state index in [1.54, 1.807) is 0 Å². The molecule has 67 valence electrons. The molecule has 0 spiro atoms. The molecule has 0 amide bonds. The van der Waals surface area contributed by atoms with Crippen LogP contribution in [0.1, 0.15) is 12.8 Å². The second-order valence-corrected chi connectivity index (χ2v) is 3.71. The van der Waals surface area contributed by atoms with E-state index in [-0.39, 0.29) is 0 Å². The molecule has 2 rings (SSSR count).